The quantitative estimate of drug-likeness (QED) is 0.607. The Bertz CT molecular complexity index is 1140. The zero-order chi connectivity index (χ0) is 22.7. The van der Waals surface area contributed by atoms with Crippen LogP contribution in [-0.2, 0) is 13.5 Å². The highest BCUT2D eigenvalue weighted by Crippen LogP contribution is 2.22. The van der Waals surface area contributed by atoms with E-state index in [1.807, 2.05) is 43.5 Å². The van der Waals surface area contributed by atoms with Crippen molar-refractivity contribution in [1.29, 1.82) is 0 Å². The Hall–Kier alpha value is -3.68. The van der Waals surface area contributed by atoms with Crippen LogP contribution in [0.1, 0.15) is 43.2 Å². The van der Waals surface area contributed by atoms with Crippen molar-refractivity contribution in [3.05, 3.63) is 70.2 Å². The Kier molecular flexibility index (Phi) is 6.39. The fraction of sp³-hybridized carbons (Fsp3) is 0.304. The van der Waals surface area contributed by atoms with Crippen LogP contribution in [0.3, 0.4) is 0 Å². The summed E-state index contributed by atoms with van der Waals surface area (Å²) in [6.45, 7) is 6.46. The maximum Gasteiger partial charge on any atom is 0.339 e. The molecule has 0 unspecified atom stereocenters. The molecular formula is C23H27N5O3. The molecule has 0 bridgehead atoms. The van der Waals surface area contributed by atoms with E-state index in [-0.39, 0.29) is 11.5 Å². The van der Waals surface area contributed by atoms with Crippen LogP contribution in [0.2, 0.25) is 0 Å². The second-order valence-corrected chi connectivity index (χ2v) is 7.67. The number of hydrogen-bond acceptors (Lipinski definition) is 5. The van der Waals surface area contributed by atoms with Crippen LogP contribution in [0.4, 0.5) is 11.5 Å². The molecule has 0 saturated carbocycles. The second kappa shape index (κ2) is 8.99. The van der Waals surface area contributed by atoms with Gasteiger partial charge in [0.05, 0.1) is 17.6 Å². The summed E-state index contributed by atoms with van der Waals surface area (Å²) in [4.78, 5) is 30.5. The molecule has 0 radical (unpaired) electrons. The Labute approximate surface area is 181 Å². The van der Waals surface area contributed by atoms with Gasteiger partial charge in [0.1, 0.15) is 11.4 Å². The molecule has 2 heterocycles. The fourth-order valence-electron chi connectivity index (χ4n) is 3.54. The minimum absolute atomic E-state index is 0.0316. The topological polar surface area (TPSA) is 100 Å². The van der Waals surface area contributed by atoms with Gasteiger partial charge in [-0.2, -0.15) is 5.10 Å². The number of hydrogen-bond donors (Lipinski definition) is 2. The summed E-state index contributed by atoms with van der Waals surface area (Å²) in [6, 6.07) is 8.62. The van der Waals surface area contributed by atoms with Gasteiger partial charge in [-0.15, -0.1) is 0 Å². The number of anilines is 2. The van der Waals surface area contributed by atoms with Crippen LogP contribution in [0.25, 0.3) is 0 Å². The fourth-order valence-corrected chi connectivity index (χ4v) is 3.54. The van der Waals surface area contributed by atoms with Crippen LogP contribution in [0.5, 0.6) is 0 Å². The SMILES string of the molecule is Cc1cccc(C(=O)Nc2cnc(N(C)CCc3c(C)nn(C)c3C)c(C(=O)O)c2)c1. The summed E-state index contributed by atoms with van der Waals surface area (Å²) in [5, 5.41) is 16.9. The predicted molar refractivity (Wildman–Crippen MR) is 120 cm³/mol. The number of aryl methyl sites for hydroxylation is 3. The number of carboxylic acid groups (broad SMARTS) is 1. The summed E-state index contributed by atoms with van der Waals surface area (Å²) in [7, 11) is 3.71. The van der Waals surface area contributed by atoms with Gasteiger partial charge in [-0.25, -0.2) is 9.78 Å². The van der Waals surface area contributed by atoms with Gasteiger partial charge in [0.2, 0.25) is 0 Å². The molecule has 1 amide bonds. The molecule has 0 aliphatic carbocycles. The van der Waals surface area contributed by atoms with Crippen molar-refractivity contribution < 1.29 is 14.7 Å². The van der Waals surface area contributed by atoms with Gasteiger partial charge < -0.3 is 15.3 Å². The molecule has 162 valence electrons. The first-order valence-corrected chi connectivity index (χ1v) is 9.99. The van der Waals surface area contributed by atoms with E-state index in [9.17, 15) is 14.7 Å². The van der Waals surface area contributed by atoms with Gasteiger partial charge in [0.25, 0.3) is 5.91 Å². The van der Waals surface area contributed by atoms with Crippen LogP contribution in [0, 0.1) is 20.8 Å². The van der Waals surface area contributed by atoms with Gasteiger partial charge >= 0.3 is 5.97 Å². The van der Waals surface area contributed by atoms with Crippen molar-refractivity contribution in [2.75, 3.05) is 23.8 Å². The molecule has 0 spiro atoms. The molecule has 2 N–H and O–H groups in total. The number of aromatic carboxylic acids is 1. The minimum Gasteiger partial charge on any atom is -0.478 e. The van der Waals surface area contributed by atoms with E-state index < -0.39 is 5.97 Å². The molecule has 0 saturated heterocycles. The van der Waals surface area contributed by atoms with Crippen molar-refractivity contribution >= 4 is 23.4 Å². The molecular weight excluding hydrogens is 394 g/mol. The standard InChI is InChI=1S/C23H27N5O3/c1-14-7-6-8-17(11-14)22(29)25-18-12-20(23(30)31)21(24-13-18)27(4)10-9-19-15(2)26-28(5)16(19)3/h6-8,11-13H,9-10H2,1-5H3,(H,25,29)(H,30,31). The third-order valence-corrected chi connectivity index (χ3v) is 5.35. The lowest BCUT2D eigenvalue weighted by atomic mass is 10.1. The largest absolute Gasteiger partial charge is 0.478 e. The van der Waals surface area contributed by atoms with Gasteiger partial charge in [-0.05, 0) is 51.0 Å². The van der Waals surface area contributed by atoms with Crippen molar-refractivity contribution in [3.63, 3.8) is 0 Å². The van der Waals surface area contributed by atoms with E-state index in [1.165, 1.54) is 12.3 Å². The van der Waals surface area contributed by atoms with Gasteiger partial charge in [0.15, 0.2) is 0 Å². The number of carbonyl (C=O) groups excluding carboxylic acids is 1. The number of likely N-dealkylation sites (N-methyl/N-ethyl adjacent to an activating group) is 1. The van der Waals surface area contributed by atoms with Crippen LogP contribution in [0.15, 0.2) is 36.5 Å². The zero-order valence-electron chi connectivity index (χ0n) is 18.4. The third-order valence-electron chi connectivity index (χ3n) is 5.35. The number of carboxylic acids is 1. The van der Waals surface area contributed by atoms with Crippen molar-refractivity contribution in [2.24, 2.45) is 7.05 Å². The smallest absolute Gasteiger partial charge is 0.339 e. The summed E-state index contributed by atoms with van der Waals surface area (Å²) in [5.74, 6) is -1.07. The molecule has 31 heavy (non-hydrogen) atoms. The van der Waals surface area contributed by atoms with E-state index in [0.29, 0.717) is 30.0 Å². The van der Waals surface area contributed by atoms with Gasteiger partial charge in [0, 0.05) is 31.9 Å². The maximum atomic E-state index is 12.5. The van der Waals surface area contributed by atoms with E-state index in [4.69, 9.17) is 0 Å². The normalized spacial score (nSPS) is 10.7. The summed E-state index contributed by atoms with van der Waals surface area (Å²) >= 11 is 0. The molecule has 3 aromatic rings. The van der Waals surface area contributed by atoms with E-state index in [2.05, 4.69) is 15.4 Å². The molecule has 8 heteroatoms. The number of nitrogens with zero attached hydrogens (tertiary/aromatic N) is 4. The van der Waals surface area contributed by atoms with Gasteiger partial charge in [-0.3, -0.25) is 9.48 Å². The molecule has 8 nitrogen and oxygen atoms in total. The number of nitrogens with one attached hydrogen (secondary N) is 1. The van der Waals surface area contributed by atoms with Crippen LogP contribution in [-0.4, -0.2) is 45.3 Å². The third kappa shape index (κ3) is 4.91. The predicted octanol–water partition coefficient (Wildman–Crippen LogP) is 3.37. The highest BCUT2D eigenvalue weighted by Gasteiger charge is 2.18. The molecule has 3 rings (SSSR count). The van der Waals surface area contributed by atoms with Crippen molar-refractivity contribution in [2.45, 2.75) is 27.2 Å². The van der Waals surface area contributed by atoms with Gasteiger partial charge in [-0.1, -0.05) is 17.7 Å². The summed E-state index contributed by atoms with van der Waals surface area (Å²) in [6.07, 6.45) is 2.20. The first-order chi connectivity index (χ1) is 14.7. The summed E-state index contributed by atoms with van der Waals surface area (Å²) < 4.78 is 1.84. The zero-order valence-corrected chi connectivity index (χ0v) is 18.4. The molecule has 1 aromatic carbocycles. The lowest BCUT2D eigenvalue weighted by molar-refractivity contribution is 0.0697. The number of carbonyl (C=O) groups is 2. The molecule has 0 aliphatic heterocycles. The molecule has 0 atom stereocenters. The average Bonchev–Trinajstić information content (AvgIpc) is 2.97. The molecule has 0 fully saturated rings. The lowest BCUT2D eigenvalue weighted by Crippen LogP contribution is -2.24. The Balaban J connectivity index is 1.78. The Morgan fingerprint density at radius 2 is 1.94 bits per heavy atom. The minimum atomic E-state index is -1.10. The monoisotopic (exact) mass is 421 g/mol. The number of aromatic nitrogens is 3. The maximum absolute atomic E-state index is 12.5. The second-order valence-electron chi connectivity index (χ2n) is 7.67. The number of rotatable bonds is 7. The highest BCUT2D eigenvalue weighted by molar-refractivity contribution is 6.05. The van der Waals surface area contributed by atoms with Crippen LogP contribution < -0.4 is 10.2 Å². The van der Waals surface area contributed by atoms with E-state index >= 15 is 0 Å². The van der Waals surface area contributed by atoms with E-state index in [1.54, 1.807) is 25.2 Å². The number of benzene rings is 1. The van der Waals surface area contributed by atoms with Crippen molar-refractivity contribution in [1.82, 2.24) is 14.8 Å². The average molecular weight is 422 g/mol. The van der Waals surface area contributed by atoms with Crippen molar-refractivity contribution in [3.8, 4) is 0 Å². The highest BCUT2D eigenvalue weighted by atomic mass is 16.4. The van der Waals surface area contributed by atoms with E-state index in [0.717, 1.165) is 22.5 Å². The number of amides is 1. The molecule has 2 aromatic heterocycles. The van der Waals surface area contributed by atoms with Crippen LogP contribution >= 0.6 is 0 Å². The molecule has 0 aliphatic rings. The lowest BCUT2D eigenvalue weighted by Gasteiger charge is -2.20. The Morgan fingerprint density at radius 1 is 1.19 bits per heavy atom. The number of pyridine rings is 1. The summed E-state index contributed by atoms with van der Waals surface area (Å²) in [5.41, 5.74) is 5.03. The first kappa shape index (κ1) is 22.0. The first-order valence-electron chi connectivity index (χ1n) is 9.99. The Morgan fingerprint density at radius 3 is 2.55 bits per heavy atom.